The first-order valence-corrected chi connectivity index (χ1v) is 4.77. The highest BCUT2D eigenvalue weighted by atomic mass is 16.1. The van der Waals surface area contributed by atoms with Gasteiger partial charge >= 0.3 is 0 Å². The first kappa shape index (κ1) is 11.2. The number of nitrogens with two attached hydrogens (primary N) is 2. The smallest absolute Gasteiger partial charge is 0.219 e. The minimum atomic E-state index is -0.347. The summed E-state index contributed by atoms with van der Waals surface area (Å²) >= 11 is 0. The number of rotatable bonds is 5. The van der Waals surface area contributed by atoms with Crippen molar-refractivity contribution in [2.45, 2.75) is 19.8 Å². The van der Waals surface area contributed by atoms with Crippen molar-refractivity contribution in [1.82, 2.24) is 9.97 Å². The van der Waals surface area contributed by atoms with E-state index in [1.54, 1.807) is 6.07 Å². The number of nitrogen functional groups attached to an aromatic ring is 1. The van der Waals surface area contributed by atoms with Crippen molar-refractivity contribution in [3.8, 4) is 0 Å². The maximum atomic E-state index is 10.5. The molecule has 0 unspecified atom stereocenters. The third-order valence-electron chi connectivity index (χ3n) is 1.79. The fourth-order valence-electron chi connectivity index (χ4n) is 1.08. The van der Waals surface area contributed by atoms with Gasteiger partial charge in [0.2, 0.25) is 5.91 Å². The van der Waals surface area contributed by atoms with Crippen LogP contribution in [0.4, 0.5) is 11.6 Å². The van der Waals surface area contributed by atoms with Gasteiger partial charge in [0, 0.05) is 25.5 Å². The van der Waals surface area contributed by atoms with Crippen LogP contribution in [0.15, 0.2) is 6.07 Å². The van der Waals surface area contributed by atoms with Crippen LogP contribution >= 0.6 is 0 Å². The number of aromatic nitrogens is 2. The van der Waals surface area contributed by atoms with E-state index in [0.29, 0.717) is 24.0 Å². The number of anilines is 2. The quantitative estimate of drug-likeness (QED) is 0.628. The van der Waals surface area contributed by atoms with Gasteiger partial charge in [-0.1, -0.05) is 6.92 Å². The van der Waals surface area contributed by atoms with E-state index in [1.807, 2.05) is 6.92 Å². The van der Waals surface area contributed by atoms with Gasteiger partial charge in [-0.25, -0.2) is 9.97 Å². The SMILES string of the molecule is CCc1nc(N)cc(NCCC(N)=O)n1. The molecule has 0 aromatic carbocycles. The van der Waals surface area contributed by atoms with Crippen LogP contribution in [-0.2, 0) is 11.2 Å². The average molecular weight is 209 g/mol. The van der Waals surface area contributed by atoms with E-state index >= 15 is 0 Å². The predicted molar refractivity (Wildman–Crippen MR) is 58.1 cm³/mol. The molecule has 0 aliphatic heterocycles. The molecule has 6 heteroatoms. The fourth-order valence-corrected chi connectivity index (χ4v) is 1.08. The normalized spacial score (nSPS) is 9.93. The second-order valence-electron chi connectivity index (χ2n) is 3.09. The zero-order chi connectivity index (χ0) is 11.3. The number of carbonyl (C=O) groups excluding carboxylic acids is 1. The van der Waals surface area contributed by atoms with Gasteiger partial charge in [0.05, 0.1) is 0 Å². The number of hydrogen-bond acceptors (Lipinski definition) is 5. The standard InChI is InChI=1S/C9H15N5O/c1-2-8-13-6(10)5-9(14-8)12-4-3-7(11)15/h5H,2-4H2,1H3,(H2,11,15)(H3,10,12,13,14). The number of amides is 1. The molecule has 1 rings (SSSR count). The van der Waals surface area contributed by atoms with Gasteiger partial charge in [0.25, 0.3) is 0 Å². The maximum absolute atomic E-state index is 10.5. The molecule has 0 spiro atoms. The van der Waals surface area contributed by atoms with Gasteiger partial charge in [-0.05, 0) is 0 Å². The molecule has 6 nitrogen and oxygen atoms in total. The topological polar surface area (TPSA) is 107 Å². The van der Waals surface area contributed by atoms with Gasteiger partial charge < -0.3 is 16.8 Å². The molecule has 1 aromatic rings. The monoisotopic (exact) mass is 209 g/mol. The Morgan fingerprint density at radius 3 is 2.87 bits per heavy atom. The molecule has 82 valence electrons. The number of nitrogens with zero attached hydrogens (tertiary/aromatic N) is 2. The lowest BCUT2D eigenvalue weighted by Gasteiger charge is -2.06. The summed E-state index contributed by atoms with van der Waals surface area (Å²) in [5.74, 6) is 1.38. The molecule has 1 amide bonds. The van der Waals surface area contributed by atoms with E-state index in [4.69, 9.17) is 11.5 Å². The summed E-state index contributed by atoms with van der Waals surface area (Å²) in [4.78, 5) is 18.7. The van der Waals surface area contributed by atoms with Crippen molar-refractivity contribution in [3.05, 3.63) is 11.9 Å². The van der Waals surface area contributed by atoms with Crippen LogP contribution in [-0.4, -0.2) is 22.4 Å². The first-order valence-electron chi connectivity index (χ1n) is 4.77. The summed E-state index contributed by atoms with van der Waals surface area (Å²) in [5, 5.41) is 2.96. The number of carbonyl (C=O) groups is 1. The zero-order valence-electron chi connectivity index (χ0n) is 8.66. The molecule has 0 aliphatic carbocycles. The van der Waals surface area contributed by atoms with E-state index in [0.717, 1.165) is 6.42 Å². The molecule has 1 heterocycles. The zero-order valence-corrected chi connectivity index (χ0v) is 8.66. The molecule has 5 N–H and O–H groups in total. The second-order valence-corrected chi connectivity index (χ2v) is 3.09. The number of primary amides is 1. The highest BCUT2D eigenvalue weighted by Gasteiger charge is 2.01. The molecule has 1 aromatic heterocycles. The lowest BCUT2D eigenvalue weighted by Crippen LogP contribution is -2.16. The summed E-state index contributed by atoms with van der Waals surface area (Å²) in [6.45, 7) is 2.40. The van der Waals surface area contributed by atoms with Crippen molar-refractivity contribution in [2.24, 2.45) is 5.73 Å². The van der Waals surface area contributed by atoms with Crippen molar-refractivity contribution in [1.29, 1.82) is 0 Å². The van der Waals surface area contributed by atoms with Crippen LogP contribution in [0.2, 0.25) is 0 Å². The molecule has 15 heavy (non-hydrogen) atoms. The molecule has 0 aliphatic rings. The Morgan fingerprint density at radius 1 is 1.53 bits per heavy atom. The number of aryl methyl sites for hydroxylation is 1. The van der Waals surface area contributed by atoms with Gasteiger partial charge in [0.1, 0.15) is 17.5 Å². The van der Waals surface area contributed by atoms with Gasteiger partial charge in [-0.2, -0.15) is 0 Å². The van der Waals surface area contributed by atoms with E-state index in [9.17, 15) is 4.79 Å². The highest BCUT2D eigenvalue weighted by molar-refractivity contribution is 5.74. The summed E-state index contributed by atoms with van der Waals surface area (Å²) in [7, 11) is 0. The Balaban J connectivity index is 2.60. The van der Waals surface area contributed by atoms with Crippen LogP contribution in [0.5, 0.6) is 0 Å². The Bertz CT molecular complexity index is 352. The van der Waals surface area contributed by atoms with Crippen molar-refractivity contribution < 1.29 is 4.79 Å². The van der Waals surface area contributed by atoms with E-state index < -0.39 is 0 Å². The Hall–Kier alpha value is -1.85. The minimum Gasteiger partial charge on any atom is -0.384 e. The Kier molecular flexibility index (Phi) is 3.84. The Labute approximate surface area is 88.1 Å². The molecule has 0 fully saturated rings. The third-order valence-corrected chi connectivity index (χ3v) is 1.79. The van der Waals surface area contributed by atoms with E-state index in [1.165, 1.54) is 0 Å². The van der Waals surface area contributed by atoms with Crippen LogP contribution in [0.3, 0.4) is 0 Å². The molecular weight excluding hydrogens is 194 g/mol. The highest BCUT2D eigenvalue weighted by Crippen LogP contribution is 2.08. The average Bonchev–Trinajstić information content (AvgIpc) is 2.16. The number of nitrogens with one attached hydrogen (secondary N) is 1. The molecule has 0 saturated carbocycles. The Morgan fingerprint density at radius 2 is 2.27 bits per heavy atom. The van der Waals surface area contributed by atoms with Crippen LogP contribution < -0.4 is 16.8 Å². The van der Waals surface area contributed by atoms with Crippen molar-refractivity contribution in [3.63, 3.8) is 0 Å². The van der Waals surface area contributed by atoms with Gasteiger partial charge in [0.15, 0.2) is 0 Å². The second kappa shape index (κ2) is 5.14. The van der Waals surface area contributed by atoms with Crippen molar-refractivity contribution >= 4 is 17.5 Å². The molecule has 0 radical (unpaired) electrons. The summed E-state index contributed by atoms with van der Waals surface area (Å²) < 4.78 is 0. The van der Waals surface area contributed by atoms with E-state index in [-0.39, 0.29) is 12.3 Å². The molecule has 0 atom stereocenters. The summed E-state index contributed by atoms with van der Waals surface area (Å²) in [6, 6.07) is 1.63. The van der Waals surface area contributed by atoms with Crippen molar-refractivity contribution in [2.75, 3.05) is 17.6 Å². The van der Waals surface area contributed by atoms with Crippen LogP contribution in [0, 0.1) is 0 Å². The van der Waals surface area contributed by atoms with Crippen LogP contribution in [0.1, 0.15) is 19.2 Å². The minimum absolute atomic E-state index is 0.269. The van der Waals surface area contributed by atoms with Crippen LogP contribution in [0.25, 0.3) is 0 Å². The summed E-state index contributed by atoms with van der Waals surface area (Å²) in [5.41, 5.74) is 10.6. The fraction of sp³-hybridized carbons (Fsp3) is 0.444. The lowest BCUT2D eigenvalue weighted by atomic mass is 10.4. The lowest BCUT2D eigenvalue weighted by molar-refractivity contribution is -0.117. The van der Waals surface area contributed by atoms with Gasteiger partial charge in [-0.3, -0.25) is 4.79 Å². The third kappa shape index (κ3) is 3.80. The molecular formula is C9H15N5O. The summed E-state index contributed by atoms with van der Waals surface area (Å²) in [6.07, 6.45) is 0.987. The molecule has 0 bridgehead atoms. The first-order chi connectivity index (χ1) is 7.11. The van der Waals surface area contributed by atoms with E-state index in [2.05, 4.69) is 15.3 Å². The molecule has 0 saturated heterocycles. The maximum Gasteiger partial charge on any atom is 0.219 e. The van der Waals surface area contributed by atoms with Gasteiger partial charge in [-0.15, -0.1) is 0 Å². The largest absolute Gasteiger partial charge is 0.384 e. The number of hydrogen-bond donors (Lipinski definition) is 3. The predicted octanol–water partition coefficient (Wildman–Crippen LogP) is -0.0915.